The summed E-state index contributed by atoms with van der Waals surface area (Å²) in [7, 11) is 0. The Morgan fingerprint density at radius 2 is 1.87 bits per heavy atom. The van der Waals surface area contributed by atoms with Gasteiger partial charge >= 0.3 is 0 Å². The molecule has 0 amide bonds. The van der Waals surface area contributed by atoms with E-state index in [0.717, 1.165) is 35.5 Å². The second-order valence-electron chi connectivity index (χ2n) is 12.8. The van der Waals surface area contributed by atoms with Crippen molar-refractivity contribution in [3.63, 3.8) is 0 Å². The lowest BCUT2D eigenvalue weighted by molar-refractivity contribution is -0.0621. The molecule has 4 aliphatic carbocycles. The van der Waals surface area contributed by atoms with E-state index in [9.17, 15) is 0 Å². The lowest BCUT2D eigenvalue weighted by Gasteiger charge is -2.58. The van der Waals surface area contributed by atoms with Crippen molar-refractivity contribution >= 4 is 0 Å². The van der Waals surface area contributed by atoms with Gasteiger partial charge in [-0.05, 0) is 97.7 Å². The van der Waals surface area contributed by atoms with Crippen LogP contribution in [-0.2, 0) is 4.74 Å². The van der Waals surface area contributed by atoms with Gasteiger partial charge in [0.25, 0.3) is 0 Å². The Labute approximate surface area is 193 Å². The molecule has 0 aliphatic heterocycles. The van der Waals surface area contributed by atoms with Crippen molar-refractivity contribution in [3.05, 3.63) is 24.3 Å². The number of hydrogen-bond acceptors (Lipinski definition) is 1. The topological polar surface area (TPSA) is 9.23 Å². The molecular weight excluding hydrogens is 376 g/mol. The van der Waals surface area contributed by atoms with Crippen LogP contribution in [0, 0.1) is 46.3 Å². The zero-order valence-electron chi connectivity index (χ0n) is 21.3. The highest BCUT2D eigenvalue weighted by Crippen LogP contribution is 2.67. The normalized spacial score (nSPS) is 43.0. The van der Waals surface area contributed by atoms with Crippen LogP contribution in [0.1, 0.15) is 105 Å². The summed E-state index contributed by atoms with van der Waals surface area (Å²) in [5.74, 6) is 5.55. The average molecular weight is 427 g/mol. The maximum atomic E-state index is 6.08. The van der Waals surface area contributed by atoms with Crippen LogP contribution in [0.4, 0.5) is 0 Å². The largest absolute Gasteiger partial charge is 0.374 e. The molecule has 176 valence electrons. The Balaban J connectivity index is 1.45. The van der Waals surface area contributed by atoms with Gasteiger partial charge in [-0.1, -0.05) is 71.6 Å². The second-order valence-corrected chi connectivity index (χ2v) is 12.8. The van der Waals surface area contributed by atoms with Crippen LogP contribution in [0.2, 0.25) is 0 Å². The van der Waals surface area contributed by atoms with Crippen molar-refractivity contribution in [3.8, 4) is 0 Å². The lowest BCUT2D eigenvalue weighted by Crippen LogP contribution is -2.51. The Hall–Kier alpha value is -0.560. The Morgan fingerprint density at radius 3 is 2.61 bits per heavy atom. The van der Waals surface area contributed by atoms with Gasteiger partial charge in [-0.2, -0.15) is 0 Å². The maximum absolute atomic E-state index is 6.08. The van der Waals surface area contributed by atoms with Crippen molar-refractivity contribution in [2.45, 2.75) is 111 Å². The lowest BCUT2D eigenvalue weighted by atomic mass is 9.47. The standard InChI is InChI=1S/C30H50O/c1-7-19-31-24-15-17-29(5)23(20-24)11-12-25-27-14-13-26(22(4)10-8-9-21(2)3)30(27,6)18-16-28(25)29/h7,11,21-22,24-28H,1,8-10,12-20H2,2-6H3/t22-,24?,25+,26-,27+,28+,29+,30-/m1/s1. The Kier molecular flexibility index (Phi) is 7.12. The molecule has 3 saturated carbocycles. The van der Waals surface area contributed by atoms with E-state index in [2.05, 4.69) is 47.3 Å². The first-order chi connectivity index (χ1) is 14.8. The SMILES string of the molecule is C=CCOC1CC[C@@]2(C)C(=CC[C@H]3[C@@H]4CC[C@H]([C@H](C)CCCC(C)C)[C@@]4(C)CC[C@@H]32)C1. The molecule has 4 rings (SSSR count). The van der Waals surface area contributed by atoms with Gasteiger partial charge in [0, 0.05) is 0 Å². The fraction of sp³-hybridized carbons (Fsp3) is 0.867. The molecule has 3 fully saturated rings. The first-order valence-electron chi connectivity index (χ1n) is 13.7. The zero-order valence-corrected chi connectivity index (χ0v) is 21.3. The predicted molar refractivity (Wildman–Crippen MR) is 133 cm³/mol. The molecule has 1 nitrogen and oxygen atoms in total. The van der Waals surface area contributed by atoms with Crippen LogP contribution in [-0.4, -0.2) is 12.7 Å². The molecule has 0 spiro atoms. The molecule has 1 unspecified atom stereocenters. The number of fused-ring (bicyclic) bond motifs is 5. The summed E-state index contributed by atoms with van der Waals surface area (Å²) in [5.41, 5.74) is 2.79. The molecule has 1 heteroatoms. The van der Waals surface area contributed by atoms with E-state index in [1.165, 1.54) is 70.6 Å². The summed E-state index contributed by atoms with van der Waals surface area (Å²) in [6.45, 7) is 17.2. The zero-order chi connectivity index (χ0) is 22.2. The van der Waals surface area contributed by atoms with Gasteiger partial charge in [0.15, 0.2) is 0 Å². The molecular formula is C30H50O. The van der Waals surface area contributed by atoms with Crippen LogP contribution in [0.3, 0.4) is 0 Å². The van der Waals surface area contributed by atoms with E-state index in [4.69, 9.17) is 4.74 Å². The van der Waals surface area contributed by atoms with Gasteiger partial charge in [0.2, 0.25) is 0 Å². The fourth-order valence-electron chi connectivity index (χ4n) is 9.00. The van der Waals surface area contributed by atoms with Gasteiger partial charge in [0.1, 0.15) is 0 Å². The summed E-state index contributed by atoms with van der Waals surface area (Å²) in [5, 5.41) is 0. The van der Waals surface area contributed by atoms with Crippen LogP contribution >= 0.6 is 0 Å². The van der Waals surface area contributed by atoms with Crippen molar-refractivity contribution in [1.82, 2.24) is 0 Å². The van der Waals surface area contributed by atoms with Crippen molar-refractivity contribution < 1.29 is 4.74 Å². The van der Waals surface area contributed by atoms with Crippen LogP contribution < -0.4 is 0 Å². The van der Waals surface area contributed by atoms with Crippen LogP contribution in [0.15, 0.2) is 24.3 Å². The Bertz CT molecular complexity index is 661. The minimum absolute atomic E-state index is 0.422. The third-order valence-corrected chi connectivity index (χ3v) is 10.7. The smallest absolute Gasteiger partial charge is 0.0648 e. The quantitative estimate of drug-likeness (QED) is 0.353. The van der Waals surface area contributed by atoms with E-state index in [-0.39, 0.29) is 0 Å². The highest BCUT2D eigenvalue weighted by molar-refractivity contribution is 5.25. The number of ether oxygens (including phenoxy) is 1. The molecule has 0 aromatic rings. The van der Waals surface area contributed by atoms with Crippen LogP contribution in [0.25, 0.3) is 0 Å². The molecule has 31 heavy (non-hydrogen) atoms. The molecule has 0 saturated heterocycles. The summed E-state index contributed by atoms with van der Waals surface area (Å²) in [6, 6.07) is 0. The van der Waals surface area contributed by atoms with Gasteiger partial charge in [-0.15, -0.1) is 6.58 Å². The van der Waals surface area contributed by atoms with E-state index in [1.807, 2.05) is 6.08 Å². The molecule has 0 radical (unpaired) electrons. The van der Waals surface area contributed by atoms with Crippen molar-refractivity contribution in [1.29, 1.82) is 0 Å². The fourth-order valence-corrected chi connectivity index (χ4v) is 9.00. The summed E-state index contributed by atoms with van der Waals surface area (Å²) < 4.78 is 6.08. The van der Waals surface area contributed by atoms with E-state index in [0.29, 0.717) is 23.5 Å². The number of allylic oxidation sites excluding steroid dienone is 1. The van der Waals surface area contributed by atoms with Crippen molar-refractivity contribution in [2.75, 3.05) is 6.61 Å². The Morgan fingerprint density at radius 1 is 1.06 bits per heavy atom. The highest BCUT2D eigenvalue weighted by atomic mass is 16.5. The van der Waals surface area contributed by atoms with Crippen LogP contribution in [0.5, 0.6) is 0 Å². The first kappa shape index (κ1) is 23.6. The van der Waals surface area contributed by atoms with Gasteiger partial charge < -0.3 is 4.74 Å². The summed E-state index contributed by atoms with van der Waals surface area (Å²) in [4.78, 5) is 0. The second kappa shape index (κ2) is 9.36. The summed E-state index contributed by atoms with van der Waals surface area (Å²) in [6.07, 6.45) is 20.4. The monoisotopic (exact) mass is 426 g/mol. The molecule has 0 aromatic carbocycles. The van der Waals surface area contributed by atoms with Gasteiger partial charge in [-0.3, -0.25) is 0 Å². The molecule has 0 bridgehead atoms. The minimum Gasteiger partial charge on any atom is -0.374 e. The summed E-state index contributed by atoms with van der Waals surface area (Å²) >= 11 is 0. The molecule has 8 atom stereocenters. The predicted octanol–water partition coefficient (Wildman–Crippen LogP) is 8.60. The van der Waals surface area contributed by atoms with Gasteiger partial charge in [-0.25, -0.2) is 0 Å². The third-order valence-electron chi connectivity index (χ3n) is 10.7. The van der Waals surface area contributed by atoms with Crippen molar-refractivity contribution in [2.24, 2.45) is 46.3 Å². The maximum Gasteiger partial charge on any atom is 0.0648 e. The third kappa shape index (κ3) is 4.34. The van der Waals surface area contributed by atoms with E-state index in [1.54, 1.807) is 5.57 Å². The number of hydrogen-bond donors (Lipinski definition) is 0. The average Bonchev–Trinajstić information content (AvgIpc) is 3.09. The molecule has 0 heterocycles. The van der Waals surface area contributed by atoms with E-state index >= 15 is 0 Å². The minimum atomic E-state index is 0.422. The van der Waals surface area contributed by atoms with Gasteiger partial charge in [0.05, 0.1) is 12.7 Å². The molecule has 4 aliphatic rings. The molecule has 0 aromatic heterocycles. The molecule has 0 N–H and O–H groups in total. The highest BCUT2D eigenvalue weighted by Gasteiger charge is 2.59. The first-order valence-corrected chi connectivity index (χ1v) is 13.7. The number of rotatable bonds is 8. The van der Waals surface area contributed by atoms with E-state index < -0.39 is 0 Å².